The van der Waals surface area contributed by atoms with Crippen LogP contribution in [-0.2, 0) is 29.9 Å². The van der Waals surface area contributed by atoms with Gasteiger partial charge in [0.2, 0.25) is 0 Å². The van der Waals surface area contributed by atoms with Crippen molar-refractivity contribution in [2.45, 2.75) is 76.2 Å². The van der Waals surface area contributed by atoms with Crippen LogP contribution in [0.1, 0.15) is 72.9 Å². The van der Waals surface area contributed by atoms with Crippen LogP contribution in [0, 0.1) is 5.92 Å². The Morgan fingerprint density at radius 2 is 1.45 bits per heavy atom. The van der Waals surface area contributed by atoms with Crippen LogP contribution in [0.3, 0.4) is 0 Å². The zero-order valence-electron chi connectivity index (χ0n) is 20.2. The highest BCUT2D eigenvalue weighted by Crippen LogP contribution is 2.44. The van der Waals surface area contributed by atoms with E-state index in [0.717, 1.165) is 12.1 Å². The molecule has 0 spiro atoms. The van der Waals surface area contributed by atoms with E-state index in [1.165, 1.54) is 12.1 Å². The van der Waals surface area contributed by atoms with Crippen molar-refractivity contribution in [3.63, 3.8) is 0 Å². The molecule has 0 aliphatic carbocycles. The van der Waals surface area contributed by atoms with Crippen molar-refractivity contribution in [1.82, 2.24) is 4.90 Å². The van der Waals surface area contributed by atoms with Gasteiger partial charge in [0.05, 0.1) is 16.7 Å². The maximum atomic E-state index is 13.8. The number of likely N-dealkylation sites (tertiary alicyclic amines) is 1. The Kier molecular flexibility index (Phi) is 8.74. The second kappa shape index (κ2) is 11.2. The van der Waals surface area contributed by atoms with Crippen molar-refractivity contribution in [3.8, 4) is 0 Å². The van der Waals surface area contributed by atoms with Gasteiger partial charge in [-0.05, 0) is 66.6 Å². The summed E-state index contributed by atoms with van der Waals surface area (Å²) in [6, 6.07) is 3.93. The Balaban J connectivity index is 2.11. The molecule has 1 N–H and O–H groups in total. The van der Waals surface area contributed by atoms with Crippen LogP contribution in [0.5, 0.6) is 0 Å². The van der Waals surface area contributed by atoms with Gasteiger partial charge in [-0.2, -0.15) is 39.5 Å². The Labute approximate surface area is 213 Å². The van der Waals surface area contributed by atoms with E-state index in [1.807, 2.05) is 0 Å². The highest BCUT2D eigenvalue weighted by Gasteiger charge is 2.41. The molecule has 0 saturated carbocycles. The van der Waals surface area contributed by atoms with Crippen molar-refractivity contribution in [2.75, 3.05) is 0 Å². The number of carboxylic acid groups (broad SMARTS) is 1. The quantitative estimate of drug-likeness (QED) is 0.349. The molecule has 0 radical (unpaired) electrons. The van der Waals surface area contributed by atoms with E-state index in [9.17, 15) is 49.4 Å². The van der Waals surface area contributed by atoms with Crippen LogP contribution >= 0.6 is 0 Å². The van der Waals surface area contributed by atoms with E-state index in [0.29, 0.717) is 36.6 Å². The number of hydrogen-bond donors (Lipinski definition) is 1. The summed E-state index contributed by atoms with van der Waals surface area (Å²) < 4.78 is 121. The molecule has 2 aromatic rings. The Morgan fingerprint density at radius 3 is 1.95 bits per heavy atom. The van der Waals surface area contributed by atoms with E-state index in [4.69, 9.17) is 0 Å². The van der Waals surface area contributed by atoms with Crippen molar-refractivity contribution in [3.05, 3.63) is 70.3 Å². The van der Waals surface area contributed by atoms with Gasteiger partial charge in [-0.3, -0.25) is 9.69 Å². The second-order valence-corrected chi connectivity index (χ2v) is 9.55. The number of nitrogens with zero attached hydrogens (tertiary/aromatic N) is 1. The third kappa shape index (κ3) is 7.21. The topological polar surface area (TPSA) is 40.5 Å². The summed E-state index contributed by atoms with van der Waals surface area (Å²) in [5.74, 6) is -1.52. The monoisotopic (exact) mass is 555 g/mol. The lowest BCUT2D eigenvalue weighted by atomic mass is 9.79. The van der Waals surface area contributed by atoms with Crippen LogP contribution in [0.15, 0.2) is 42.5 Å². The largest absolute Gasteiger partial charge is 0.481 e. The Morgan fingerprint density at radius 1 is 0.868 bits per heavy atom. The van der Waals surface area contributed by atoms with Crippen LogP contribution in [0.4, 0.5) is 39.5 Å². The molecule has 12 heteroatoms. The normalized spacial score (nSPS) is 21.5. The molecule has 38 heavy (non-hydrogen) atoms. The molecule has 210 valence electrons. The molecular formula is C26H26F9NO2. The number of hydrogen-bond acceptors (Lipinski definition) is 2. The summed E-state index contributed by atoms with van der Waals surface area (Å²) >= 11 is 0. The molecular weight excluding hydrogens is 529 g/mol. The molecule has 3 rings (SSSR count). The summed E-state index contributed by atoms with van der Waals surface area (Å²) in [6.07, 6.45) is -13.4. The first kappa shape index (κ1) is 29.8. The number of aliphatic carboxylic acids is 1. The van der Waals surface area contributed by atoms with Crippen molar-refractivity contribution < 1.29 is 49.4 Å². The van der Waals surface area contributed by atoms with Crippen LogP contribution in [-0.4, -0.2) is 22.0 Å². The maximum Gasteiger partial charge on any atom is 0.416 e. The summed E-state index contributed by atoms with van der Waals surface area (Å²) in [5.41, 5.74) is -3.72. The molecule has 3 nitrogen and oxygen atoms in total. The molecule has 1 fully saturated rings. The van der Waals surface area contributed by atoms with Gasteiger partial charge in [0, 0.05) is 25.0 Å². The summed E-state index contributed by atoms with van der Waals surface area (Å²) in [6.45, 7) is 1.26. The lowest BCUT2D eigenvalue weighted by molar-refractivity contribution is -0.142. The van der Waals surface area contributed by atoms with E-state index in [2.05, 4.69) is 0 Å². The van der Waals surface area contributed by atoms with Gasteiger partial charge in [-0.25, -0.2) is 0 Å². The van der Waals surface area contributed by atoms with Crippen LogP contribution in [0.2, 0.25) is 0 Å². The minimum atomic E-state index is -4.94. The molecule has 1 heterocycles. The van der Waals surface area contributed by atoms with E-state index >= 15 is 0 Å². The van der Waals surface area contributed by atoms with Crippen molar-refractivity contribution >= 4 is 5.97 Å². The zero-order chi connectivity index (χ0) is 28.5. The smallest absolute Gasteiger partial charge is 0.416 e. The molecule has 1 aliphatic heterocycles. The molecule has 1 unspecified atom stereocenters. The lowest BCUT2D eigenvalue weighted by Crippen LogP contribution is -2.45. The van der Waals surface area contributed by atoms with Crippen molar-refractivity contribution in [2.24, 2.45) is 5.92 Å². The number of rotatable bonds is 7. The van der Waals surface area contributed by atoms with Crippen molar-refractivity contribution in [1.29, 1.82) is 0 Å². The maximum absolute atomic E-state index is 13.8. The first-order chi connectivity index (χ1) is 17.5. The highest BCUT2D eigenvalue weighted by atomic mass is 19.4. The third-order valence-electron chi connectivity index (χ3n) is 6.83. The molecule has 0 aromatic heterocycles. The average Bonchev–Trinajstić information content (AvgIpc) is 2.78. The van der Waals surface area contributed by atoms with Gasteiger partial charge < -0.3 is 5.11 Å². The number of carbonyl (C=O) groups is 1. The molecule has 1 aliphatic rings. The first-order valence-electron chi connectivity index (χ1n) is 11.9. The predicted molar refractivity (Wildman–Crippen MR) is 120 cm³/mol. The SMILES string of the molecule is CCCC1C[C@H](CC(=O)O)C[C@H](c2ccc(C(F)(F)F)cc2)N1Cc1cc(C(F)(F)F)ccc1C(F)(F)F. The lowest BCUT2D eigenvalue weighted by Gasteiger charge is -2.46. The standard InChI is InChI=1S/C26H26F9NO2/c1-2-3-20-10-15(12-23(37)38)11-22(16-4-6-18(7-5-16)24(27,28)29)36(20)14-17-13-19(25(30,31)32)8-9-21(17)26(33,34)35/h4-9,13,15,20,22H,2-3,10-12,14H2,1H3,(H,37,38)/t15-,20?,22+/m0/s1. The molecule has 2 aromatic carbocycles. The third-order valence-corrected chi connectivity index (χ3v) is 6.83. The second-order valence-electron chi connectivity index (χ2n) is 9.55. The van der Waals surface area contributed by atoms with Gasteiger partial charge >= 0.3 is 24.5 Å². The van der Waals surface area contributed by atoms with Gasteiger partial charge in [0.25, 0.3) is 0 Å². The fourth-order valence-electron chi connectivity index (χ4n) is 5.19. The molecule has 0 amide bonds. The Bertz CT molecular complexity index is 1110. The number of alkyl halides is 9. The van der Waals surface area contributed by atoms with E-state index in [-0.39, 0.29) is 19.3 Å². The van der Waals surface area contributed by atoms with Gasteiger partial charge in [0.1, 0.15) is 0 Å². The van der Waals surface area contributed by atoms with Gasteiger partial charge in [-0.15, -0.1) is 0 Å². The first-order valence-corrected chi connectivity index (χ1v) is 11.9. The number of piperidine rings is 1. The van der Waals surface area contributed by atoms with Crippen LogP contribution < -0.4 is 0 Å². The number of carboxylic acids is 1. The summed E-state index contributed by atoms with van der Waals surface area (Å²) in [7, 11) is 0. The predicted octanol–water partition coefficient (Wildman–Crippen LogP) is 8.34. The average molecular weight is 555 g/mol. The summed E-state index contributed by atoms with van der Waals surface area (Å²) in [4.78, 5) is 13.0. The summed E-state index contributed by atoms with van der Waals surface area (Å²) in [5, 5.41) is 9.33. The zero-order valence-corrected chi connectivity index (χ0v) is 20.2. The highest BCUT2D eigenvalue weighted by molar-refractivity contribution is 5.67. The van der Waals surface area contributed by atoms with E-state index in [1.54, 1.807) is 11.8 Å². The number of benzene rings is 2. The minimum Gasteiger partial charge on any atom is -0.481 e. The fourth-order valence-corrected chi connectivity index (χ4v) is 5.19. The Hall–Kier alpha value is -2.76. The fraction of sp³-hybridized carbons (Fsp3) is 0.500. The van der Waals surface area contributed by atoms with Crippen LogP contribution in [0.25, 0.3) is 0 Å². The molecule has 1 saturated heterocycles. The number of halogens is 9. The van der Waals surface area contributed by atoms with Gasteiger partial charge in [0.15, 0.2) is 0 Å². The molecule has 0 bridgehead atoms. The van der Waals surface area contributed by atoms with E-state index < -0.39 is 71.3 Å². The minimum absolute atomic E-state index is 0.109. The van der Waals surface area contributed by atoms with Gasteiger partial charge in [-0.1, -0.05) is 25.5 Å². The molecule has 3 atom stereocenters.